The number of anilines is 1. The Morgan fingerprint density at radius 2 is 1.71 bits per heavy atom. The topological polar surface area (TPSA) is 29.9 Å². The molecule has 3 heteroatoms. The number of rotatable bonds is 8. The van der Waals surface area contributed by atoms with E-state index in [0.717, 1.165) is 24.6 Å². The first kappa shape index (κ1) is 15.9. The summed E-state index contributed by atoms with van der Waals surface area (Å²) in [5.74, 6) is 1.02. The van der Waals surface area contributed by atoms with E-state index in [2.05, 4.69) is 49.7 Å². The van der Waals surface area contributed by atoms with Crippen molar-refractivity contribution in [2.24, 2.45) is 0 Å². The summed E-state index contributed by atoms with van der Waals surface area (Å²) in [6.07, 6.45) is 6.54. The minimum atomic E-state index is 0.914. The lowest BCUT2D eigenvalue weighted by Crippen LogP contribution is -2.07. The molecule has 0 bridgehead atoms. The molecule has 21 heavy (non-hydrogen) atoms. The van der Waals surface area contributed by atoms with E-state index in [9.17, 15) is 0 Å². The molecule has 0 amide bonds. The fourth-order valence-electron chi connectivity index (χ4n) is 2.77. The Morgan fingerprint density at radius 3 is 2.43 bits per heavy atom. The van der Waals surface area contributed by atoms with Crippen LogP contribution in [0.5, 0.6) is 0 Å². The number of aryl methyl sites for hydroxylation is 3. The lowest BCUT2D eigenvalue weighted by molar-refractivity contribution is 0.578. The Bertz CT molecular complexity index is 584. The van der Waals surface area contributed by atoms with Gasteiger partial charge in [0.2, 0.25) is 5.95 Å². The van der Waals surface area contributed by atoms with Crippen LogP contribution in [0.4, 0.5) is 5.95 Å². The highest BCUT2D eigenvalue weighted by molar-refractivity contribution is 5.80. The Labute approximate surface area is 128 Å². The standard InChI is InChI=1S/C18H29N3/c1-5-7-8-9-10-11-21-17-13-15(4)14(3)12-16(17)20-18(21)19-6-2/h12-13H,5-11H2,1-4H3,(H,19,20). The molecule has 0 aliphatic rings. The largest absolute Gasteiger partial charge is 0.356 e. The number of nitrogens with zero attached hydrogens (tertiary/aromatic N) is 2. The highest BCUT2D eigenvalue weighted by Crippen LogP contribution is 2.24. The smallest absolute Gasteiger partial charge is 0.203 e. The molecule has 116 valence electrons. The third-order valence-corrected chi connectivity index (χ3v) is 4.18. The fraction of sp³-hybridized carbons (Fsp3) is 0.611. The Hall–Kier alpha value is -1.51. The first-order valence-electron chi connectivity index (χ1n) is 8.38. The van der Waals surface area contributed by atoms with Gasteiger partial charge in [-0.25, -0.2) is 4.98 Å². The molecule has 1 aromatic carbocycles. The zero-order valence-corrected chi connectivity index (χ0v) is 14.0. The quantitative estimate of drug-likeness (QED) is 0.688. The molecule has 1 heterocycles. The van der Waals surface area contributed by atoms with Crippen LogP contribution in [0.3, 0.4) is 0 Å². The summed E-state index contributed by atoms with van der Waals surface area (Å²) >= 11 is 0. The molecule has 0 saturated heterocycles. The third kappa shape index (κ3) is 3.78. The van der Waals surface area contributed by atoms with Gasteiger partial charge in [-0.2, -0.15) is 0 Å². The Balaban J connectivity index is 2.21. The van der Waals surface area contributed by atoms with Crippen molar-refractivity contribution >= 4 is 17.0 Å². The highest BCUT2D eigenvalue weighted by Gasteiger charge is 2.11. The van der Waals surface area contributed by atoms with Gasteiger partial charge in [0.1, 0.15) is 0 Å². The number of hydrogen-bond acceptors (Lipinski definition) is 2. The zero-order chi connectivity index (χ0) is 15.2. The minimum absolute atomic E-state index is 0.914. The van der Waals surface area contributed by atoms with Crippen molar-refractivity contribution in [1.82, 2.24) is 9.55 Å². The van der Waals surface area contributed by atoms with Crippen LogP contribution < -0.4 is 5.32 Å². The van der Waals surface area contributed by atoms with Crippen molar-refractivity contribution < 1.29 is 0 Å². The maximum Gasteiger partial charge on any atom is 0.203 e. The second-order valence-corrected chi connectivity index (χ2v) is 5.96. The van der Waals surface area contributed by atoms with E-state index in [1.54, 1.807) is 0 Å². The minimum Gasteiger partial charge on any atom is -0.356 e. The molecule has 0 fully saturated rings. The van der Waals surface area contributed by atoms with Crippen molar-refractivity contribution in [2.45, 2.75) is 66.3 Å². The van der Waals surface area contributed by atoms with E-state index in [0.29, 0.717) is 0 Å². The van der Waals surface area contributed by atoms with E-state index in [-0.39, 0.29) is 0 Å². The molecule has 0 spiro atoms. The molecule has 0 aliphatic carbocycles. The maximum absolute atomic E-state index is 4.77. The van der Waals surface area contributed by atoms with Gasteiger partial charge in [0, 0.05) is 13.1 Å². The summed E-state index contributed by atoms with van der Waals surface area (Å²) in [7, 11) is 0. The molecule has 2 aromatic rings. The fourth-order valence-corrected chi connectivity index (χ4v) is 2.77. The van der Waals surface area contributed by atoms with Crippen LogP contribution in [0, 0.1) is 13.8 Å². The van der Waals surface area contributed by atoms with Crippen LogP contribution >= 0.6 is 0 Å². The van der Waals surface area contributed by atoms with Gasteiger partial charge in [0.15, 0.2) is 0 Å². The van der Waals surface area contributed by atoms with E-state index < -0.39 is 0 Å². The van der Waals surface area contributed by atoms with Crippen LogP contribution in [-0.4, -0.2) is 16.1 Å². The molecular formula is C18H29N3. The molecule has 0 saturated carbocycles. The monoisotopic (exact) mass is 287 g/mol. The first-order chi connectivity index (χ1) is 10.2. The van der Waals surface area contributed by atoms with Gasteiger partial charge < -0.3 is 9.88 Å². The van der Waals surface area contributed by atoms with Crippen molar-refractivity contribution in [1.29, 1.82) is 0 Å². The van der Waals surface area contributed by atoms with Crippen LogP contribution in [0.25, 0.3) is 11.0 Å². The Kier molecular flexibility index (Phi) is 5.66. The van der Waals surface area contributed by atoms with Gasteiger partial charge in [-0.1, -0.05) is 32.6 Å². The number of aromatic nitrogens is 2. The van der Waals surface area contributed by atoms with Crippen LogP contribution in [0.15, 0.2) is 12.1 Å². The van der Waals surface area contributed by atoms with E-state index in [4.69, 9.17) is 4.98 Å². The maximum atomic E-state index is 4.77. The predicted octanol–water partition coefficient (Wildman–Crippen LogP) is 5.06. The van der Waals surface area contributed by atoms with Gasteiger partial charge in [-0.15, -0.1) is 0 Å². The number of fused-ring (bicyclic) bond motifs is 1. The van der Waals surface area contributed by atoms with E-state index >= 15 is 0 Å². The summed E-state index contributed by atoms with van der Waals surface area (Å²) in [6, 6.07) is 4.49. The molecule has 2 rings (SSSR count). The number of imidazole rings is 1. The van der Waals surface area contributed by atoms with Crippen LogP contribution in [0.1, 0.15) is 57.1 Å². The van der Waals surface area contributed by atoms with Crippen LogP contribution in [0.2, 0.25) is 0 Å². The molecule has 0 atom stereocenters. The molecule has 0 unspecified atom stereocenters. The third-order valence-electron chi connectivity index (χ3n) is 4.18. The number of nitrogens with one attached hydrogen (secondary N) is 1. The van der Waals surface area contributed by atoms with Crippen molar-refractivity contribution in [3.8, 4) is 0 Å². The zero-order valence-electron chi connectivity index (χ0n) is 14.0. The molecule has 3 nitrogen and oxygen atoms in total. The van der Waals surface area contributed by atoms with Crippen molar-refractivity contribution in [3.63, 3.8) is 0 Å². The first-order valence-corrected chi connectivity index (χ1v) is 8.38. The number of benzene rings is 1. The van der Waals surface area contributed by atoms with Gasteiger partial charge >= 0.3 is 0 Å². The average molecular weight is 287 g/mol. The summed E-state index contributed by atoms with van der Waals surface area (Å²) in [5, 5.41) is 3.41. The van der Waals surface area contributed by atoms with E-state index in [1.165, 1.54) is 48.7 Å². The van der Waals surface area contributed by atoms with E-state index in [1.807, 2.05) is 0 Å². The lowest BCUT2D eigenvalue weighted by Gasteiger charge is -2.10. The summed E-state index contributed by atoms with van der Waals surface area (Å²) < 4.78 is 2.36. The number of unbranched alkanes of at least 4 members (excludes halogenated alkanes) is 4. The highest BCUT2D eigenvalue weighted by atomic mass is 15.2. The summed E-state index contributed by atoms with van der Waals surface area (Å²) in [4.78, 5) is 4.77. The van der Waals surface area contributed by atoms with Crippen LogP contribution in [-0.2, 0) is 6.54 Å². The normalized spacial score (nSPS) is 11.2. The number of hydrogen-bond donors (Lipinski definition) is 1. The Morgan fingerprint density at radius 1 is 1.00 bits per heavy atom. The lowest BCUT2D eigenvalue weighted by atomic mass is 10.1. The van der Waals surface area contributed by atoms with Crippen molar-refractivity contribution in [3.05, 3.63) is 23.3 Å². The van der Waals surface area contributed by atoms with Gasteiger partial charge in [-0.05, 0) is 50.5 Å². The summed E-state index contributed by atoms with van der Waals surface area (Å²) in [5.41, 5.74) is 5.04. The second kappa shape index (κ2) is 7.48. The van der Waals surface area contributed by atoms with Gasteiger partial charge in [-0.3, -0.25) is 0 Å². The average Bonchev–Trinajstić information content (AvgIpc) is 2.77. The molecule has 1 aromatic heterocycles. The van der Waals surface area contributed by atoms with Gasteiger partial charge in [0.05, 0.1) is 11.0 Å². The second-order valence-electron chi connectivity index (χ2n) is 5.96. The predicted molar refractivity (Wildman–Crippen MR) is 92.1 cm³/mol. The summed E-state index contributed by atoms with van der Waals surface area (Å²) in [6.45, 7) is 10.7. The van der Waals surface area contributed by atoms with Gasteiger partial charge in [0.25, 0.3) is 0 Å². The molecule has 0 aliphatic heterocycles. The molecular weight excluding hydrogens is 258 g/mol. The van der Waals surface area contributed by atoms with Crippen molar-refractivity contribution in [2.75, 3.05) is 11.9 Å². The molecule has 1 N–H and O–H groups in total. The molecule has 0 radical (unpaired) electrons. The SMILES string of the molecule is CCCCCCCn1c(NCC)nc2cc(C)c(C)cc21.